The zero-order valence-electron chi connectivity index (χ0n) is 33.4. The van der Waals surface area contributed by atoms with Gasteiger partial charge in [-0.3, -0.25) is 0 Å². The highest BCUT2D eigenvalue weighted by Crippen LogP contribution is 2.61. The largest absolute Gasteiger partial charge is 0.514 e. The lowest BCUT2D eigenvalue weighted by Gasteiger charge is -2.37. The summed E-state index contributed by atoms with van der Waals surface area (Å²) < 4.78 is 55.9. The standard InChI is InChI=1S/C30H64O9S12Si3/c1-10-31-52(32-11-2,33-12-3)25-41-48-50-44-29(9,45-51-49-42-26-53(34-13-4,35-14-5)36-15-6)39-54(37-16-7,38-17-8)27-43-47-46-40-23-22-30-20-18-28(24-30)19-21-30/h28H,10-27H2,1-9H3. The van der Waals surface area contributed by atoms with Crippen LogP contribution in [0.25, 0.3) is 0 Å². The molecule has 9 nitrogen and oxygen atoms in total. The molecule has 2 saturated carbocycles. The Morgan fingerprint density at radius 3 is 1.22 bits per heavy atom. The zero-order chi connectivity index (χ0) is 39.7. The first-order chi connectivity index (χ1) is 26.1. The van der Waals surface area contributed by atoms with Crippen LogP contribution in [0.5, 0.6) is 0 Å². The Bertz CT molecular complexity index is 882. The van der Waals surface area contributed by atoms with Crippen molar-refractivity contribution in [2.45, 2.75) is 105 Å². The fourth-order valence-corrected chi connectivity index (χ4v) is 43.0. The Kier molecular flexibility index (Phi) is 31.7. The monoisotopic (exact) mass is 1040 g/mol. The molecule has 0 aliphatic heterocycles. The van der Waals surface area contributed by atoms with Crippen molar-refractivity contribution in [3.8, 4) is 0 Å². The van der Waals surface area contributed by atoms with E-state index in [1.165, 1.54) is 44.3 Å². The summed E-state index contributed by atoms with van der Waals surface area (Å²) >= 11 is 0. The maximum Gasteiger partial charge on any atom is 0.514 e. The van der Waals surface area contributed by atoms with Gasteiger partial charge in [-0.05, 0) is 193 Å². The van der Waals surface area contributed by atoms with Gasteiger partial charge in [0.25, 0.3) is 0 Å². The summed E-state index contributed by atoms with van der Waals surface area (Å²) in [6.07, 6.45) is 8.65. The second-order valence-corrected chi connectivity index (χ2v) is 40.1. The average molecular weight is 1040 g/mol. The van der Waals surface area contributed by atoms with Gasteiger partial charge in [0, 0.05) is 58.6 Å². The fraction of sp³-hybridized carbons (Fsp3) is 1.00. The summed E-state index contributed by atoms with van der Waals surface area (Å²) in [6, 6.07) is 0. The van der Waals surface area contributed by atoms with Crippen LogP contribution in [-0.2, 0) is 39.8 Å². The van der Waals surface area contributed by atoms with Gasteiger partial charge in [0.15, 0.2) is 4.27 Å². The molecule has 2 fully saturated rings. The van der Waals surface area contributed by atoms with Crippen LogP contribution >= 0.6 is 124 Å². The molecule has 0 amide bonds. The van der Waals surface area contributed by atoms with E-state index < -0.39 is 30.7 Å². The lowest BCUT2D eigenvalue weighted by molar-refractivity contribution is 0.0603. The van der Waals surface area contributed by atoms with Crippen molar-refractivity contribution in [3.05, 3.63) is 0 Å². The molecular weight excluding hydrogens is 973 g/mol. The van der Waals surface area contributed by atoms with Gasteiger partial charge in [0.2, 0.25) is 0 Å². The van der Waals surface area contributed by atoms with E-state index in [-0.39, 0.29) is 0 Å². The highest BCUT2D eigenvalue weighted by atomic mass is 33.7. The van der Waals surface area contributed by atoms with E-state index >= 15 is 0 Å². The molecule has 2 bridgehead atoms. The summed E-state index contributed by atoms with van der Waals surface area (Å²) in [5.74, 6) is 2.24. The molecule has 2 rings (SSSR count). The molecule has 322 valence electrons. The molecule has 0 spiro atoms. The first-order valence-corrected chi connectivity index (χ1v) is 39.7. The van der Waals surface area contributed by atoms with Crippen molar-refractivity contribution >= 4 is 150 Å². The smallest absolute Gasteiger partial charge is 0.373 e. The van der Waals surface area contributed by atoms with Crippen LogP contribution < -0.4 is 0 Å². The van der Waals surface area contributed by atoms with Gasteiger partial charge >= 0.3 is 26.4 Å². The molecule has 0 atom stereocenters. The Morgan fingerprint density at radius 1 is 0.500 bits per heavy atom. The average Bonchev–Trinajstić information content (AvgIpc) is 3.74. The fourth-order valence-electron chi connectivity index (χ4n) is 6.28. The quantitative estimate of drug-likeness (QED) is 0.0254. The molecular formula is C30H64O9S12Si3. The molecule has 0 saturated heterocycles. The van der Waals surface area contributed by atoms with Gasteiger partial charge in [-0.1, -0.05) is 43.2 Å². The first-order valence-electron chi connectivity index (χ1n) is 18.8. The predicted molar refractivity (Wildman–Crippen MR) is 264 cm³/mol. The Morgan fingerprint density at radius 2 is 0.852 bits per heavy atom. The molecule has 0 heterocycles. The lowest BCUT2D eigenvalue weighted by atomic mass is 9.82. The van der Waals surface area contributed by atoms with Crippen LogP contribution in [0.3, 0.4) is 0 Å². The molecule has 2 aliphatic rings. The van der Waals surface area contributed by atoms with Crippen LogP contribution in [0, 0.1) is 11.3 Å². The van der Waals surface area contributed by atoms with Crippen LogP contribution in [-0.4, -0.2) is 105 Å². The number of hydrogen-bond donors (Lipinski definition) is 0. The van der Waals surface area contributed by atoms with E-state index in [1.54, 1.807) is 93.3 Å². The van der Waals surface area contributed by atoms with Gasteiger partial charge < -0.3 is 39.8 Å². The topological polar surface area (TPSA) is 83.1 Å². The summed E-state index contributed by atoms with van der Waals surface area (Å²) in [6.45, 7) is 22.6. The van der Waals surface area contributed by atoms with Gasteiger partial charge in [0.1, 0.15) is 0 Å². The van der Waals surface area contributed by atoms with Crippen molar-refractivity contribution in [1.82, 2.24) is 0 Å². The van der Waals surface area contributed by atoms with Crippen molar-refractivity contribution < 1.29 is 39.8 Å². The van der Waals surface area contributed by atoms with Crippen LogP contribution in [0.4, 0.5) is 0 Å². The van der Waals surface area contributed by atoms with Crippen LogP contribution in [0.1, 0.15) is 101 Å². The molecule has 54 heavy (non-hydrogen) atoms. The third kappa shape index (κ3) is 20.8. The minimum absolute atomic E-state index is 0.529. The maximum atomic E-state index is 7.11. The van der Waals surface area contributed by atoms with E-state index in [4.69, 9.17) is 39.8 Å². The number of hydrogen-bond acceptors (Lipinski definition) is 21. The molecule has 0 unspecified atom stereocenters. The van der Waals surface area contributed by atoms with E-state index in [9.17, 15) is 0 Å². The van der Waals surface area contributed by atoms with Crippen LogP contribution in [0.2, 0.25) is 0 Å². The molecule has 0 aromatic heterocycles. The second-order valence-electron chi connectivity index (χ2n) is 12.1. The van der Waals surface area contributed by atoms with E-state index in [1.807, 2.05) is 85.8 Å². The zero-order valence-corrected chi connectivity index (χ0v) is 46.2. The Hall–Kier alpha value is 4.49. The van der Waals surface area contributed by atoms with Crippen molar-refractivity contribution in [2.24, 2.45) is 11.3 Å². The molecule has 0 aromatic carbocycles. The molecule has 0 radical (unpaired) electrons. The minimum Gasteiger partial charge on any atom is -0.373 e. The van der Waals surface area contributed by atoms with Gasteiger partial charge in [-0.25, -0.2) is 0 Å². The highest BCUT2D eigenvalue weighted by molar-refractivity contribution is 9.29. The molecule has 2 aliphatic carbocycles. The van der Waals surface area contributed by atoms with E-state index in [0.29, 0.717) is 74.4 Å². The summed E-state index contributed by atoms with van der Waals surface area (Å²) in [5.41, 5.74) is 0.654. The second kappa shape index (κ2) is 31.4. The maximum absolute atomic E-state index is 7.11. The molecule has 0 N–H and O–H groups in total. The first kappa shape index (κ1) is 54.6. The van der Waals surface area contributed by atoms with Gasteiger partial charge in [-0.2, -0.15) is 0 Å². The normalized spacial score (nSPS) is 19.4. The van der Waals surface area contributed by atoms with Crippen molar-refractivity contribution in [2.75, 3.05) is 74.7 Å². The molecule has 0 aromatic rings. The highest BCUT2D eigenvalue weighted by Gasteiger charge is 2.49. The number of fused-ring (bicyclic) bond motifs is 2. The SMILES string of the molecule is CCO[Si](CSSSSC(C)(O[Si](CSSSSCCC12CCC(CC1)C2)(OCC)OCC)SSSSC[Si](OCC)(OCC)OCC)(OCC)OCC. The van der Waals surface area contributed by atoms with E-state index in [2.05, 4.69) is 6.92 Å². The number of rotatable bonds is 38. The predicted octanol–water partition coefficient (Wildman–Crippen LogP) is 13.4. The van der Waals surface area contributed by atoms with E-state index in [0.717, 1.165) is 5.92 Å². The Balaban J connectivity index is 2.05. The van der Waals surface area contributed by atoms with Crippen molar-refractivity contribution in [1.29, 1.82) is 0 Å². The third-order valence-corrected chi connectivity index (χ3v) is 42.0. The minimum atomic E-state index is -3.08. The Labute approximate surface area is 377 Å². The third-order valence-electron chi connectivity index (χ3n) is 8.21. The summed E-state index contributed by atoms with van der Waals surface area (Å²) in [4.78, 5) is 0. The van der Waals surface area contributed by atoms with Crippen molar-refractivity contribution in [3.63, 3.8) is 0 Å². The summed E-state index contributed by atoms with van der Waals surface area (Å²) in [5, 5.41) is 2.00. The molecule has 24 heteroatoms. The summed E-state index contributed by atoms with van der Waals surface area (Å²) in [7, 11) is 12.4. The van der Waals surface area contributed by atoms with Gasteiger partial charge in [0.05, 0.1) is 16.1 Å². The van der Waals surface area contributed by atoms with Crippen LogP contribution in [0.15, 0.2) is 0 Å². The van der Waals surface area contributed by atoms with Gasteiger partial charge in [-0.15, -0.1) is 0 Å². The lowest BCUT2D eigenvalue weighted by Crippen LogP contribution is -2.52.